The maximum absolute atomic E-state index is 14.9. The number of nitrogens with zero attached hydrogens (tertiary/aromatic N) is 1. The summed E-state index contributed by atoms with van der Waals surface area (Å²) in [6.07, 6.45) is 2.28. The summed E-state index contributed by atoms with van der Waals surface area (Å²) < 4.78 is 20.0. The van der Waals surface area contributed by atoms with Gasteiger partial charge in [-0.3, -0.25) is 9.69 Å². The van der Waals surface area contributed by atoms with Crippen LogP contribution in [0.3, 0.4) is 0 Å². The normalized spacial score (nSPS) is 18.4. The lowest BCUT2D eigenvalue weighted by atomic mass is 9.85. The molecule has 154 valence electrons. The first kappa shape index (κ1) is 21.4. The molecule has 29 heavy (non-hydrogen) atoms. The molecule has 0 bridgehead atoms. The minimum atomic E-state index is -0.621. The Kier molecular flexibility index (Phi) is 6.32. The molecule has 2 aromatic carbocycles. The molecule has 2 atom stereocenters. The highest BCUT2D eigenvalue weighted by atomic mass is 19.1. The van der Waals surface area contributed by atoms with Crippen molar-refractivity contribution in [2.45, 2.75) is 51.2 Å². The molecule has 2 aromatic rings. The Labute approximate surface area is 173 Å². The molecule has 0 saturated carbocycles. The van der Waals surface area contributed by atoms with E-state index in [0.29, 0.717) is 11.5 Å². The minimum absolute atomic E-state index is 0.0375. The van der Waals surface area contributed by atoms with Crippen LogP contribution >= 0.6 is 0 Å². The smallest absolute Gasteiger partial charge is 0.254 e. The number of halogens is 1. The lowest BCUT2D eigenvalue weighted by molar-refractivity contribution is 0.0631. The zero-order chi connectivity index (χ0) is 21.2. The van der Waals surface area contributed by atoms with E-state index < -0.39 is 11.7 Å². The maximum Gasteiger partial charge on any atom is 0.254 e. The third-order valence-electron chi connectivity index (χ3n) is 6.17. The Hall–Kier alpha value is -2.34. The Bertz CT molecular complexity index is 873. The largest absolute Gasteiger partial charge is 0.494 e. The van der Waals surface area contributed by atoms with Crippen molar-refractivity contribution >= 4 is 19.2 Å². The van der Waals surface area contributed by atoms with Crippen LogP contribution in [0.25, 0.3) is 0 Å². The highest BCUT2D eigenvalue weighted by Crippen LogP contribution is 2.36. The fourth-order valence-corrected chi connectivity index (χ4v) is 4.56. The average molecular weight is 396 g/mol. The summed E-state index contributed by atoms with van der Waals surface area (Å²) in [4.78, 5) is 15.7. The number of hydrogen-bond donors (Lipinski definition) is 1. The topological polar surface area (TPSA) is 41.6 Å². The van der Waals surface area contributed by atoms with Crippen LogP contribution in [0.4, 0.5) is 4.39 Å². The van der Waals surface area contributed by atoms with Gasteiger partial charge in [0.25, 0.3) is 5.91 Å². The first-order valence-electron chi connectivity index (χ1n) is 10.2. The molecule has 0 radical (unpaired) electrons. The van der Waals surface area contributed by atoms with Crippen molar-refractivity contribution in [2.75, 3.05) is 13.7 Å². The van der Waals surface area contributed by atoms with Gasteiger partial charge in [0.15, 0.2) is 11.6 Å². The van der Waals surface area contributed by atoms with Crippen LogP contribution in [0.5, 0.6) is 5.75 Å². The highest BCUT2D eigenvalue weighted by Gasteiger charge is 2.41. The molecular formula is C23H30BFN2O2. The van der Waals surface area contributed by atoms with Crippen molar-refractivity contribution in [3.8, 4) is 5.75 Å². The number of likely N-dealkylation sites (tertiary alicyclic amines) is 1. The van der Waals surface area contributed by atoms with Crippen LogP contribution in [0.2, 0.25) is 0 Å². The maximum atomic E-state index is 14.9. The number of amides is 1. The van der Waals surface area contributed by atoms with Crippen LogP contribution in [0.1, 0.15) is 55.6 Å². The zero-order valence-electron chi connectivity index (χ0n) is 18.0. The number of rotatable bonds is 6. The quantitative estimate of drug-likeness (QED) is 0.764. The van der Waals surface area contributed by atoms with Crippen molar-refractivity contribution in [1.29, 1.82) is 0 Å². The Morgan fingerprint density at radius 3 is 2.55 bits per heavy atom. The molecule has 1 N–H and O–H groups in total. The summed E-state index contributed by atoms with van der Waals surface area (Å²) in [7, 11) is 3.14. The second kappa shape index (κ2) is 8.58. The van der Waals surface area contributed by atoms with Crippen molar-refractivity contribution in [1.82, 2.24) is 10.2 Å². The number of methoxy groups -OCH3 is 1. The van der Waals surface area contributed by atoms with Gasteiger partial charge < -0.3 is 10.1 Å². The third-order valence-corrected chi connectivity index (χ3v) is 6.17. The number of hydrogen-bond acceptors (Lipinski definition) is 3. The van der Waals surface area contributed by atoms with Gasteiger partial charge in [0, 0.05) is 11.6 Å². The van der Waals surface area contributed by atoms with Gasteiger partial charge in [0.1, 0.15) is 7.85 Å². The first-order chi connectivity index (χ1) is 13.8. The molecule has 0 aromatic heterocycles. The Morgan fingerprint density at radius 1 is 1.28 bits per heavy atom. The zero-order valence-corrected chi connectivity index (χ0v) is 18.0. The summed E-state index contributed by atoms with van der Waals surface area (Å²) in [5.41, 5.74) is 1.29. The lowest BCUT2D eigenvalue weighted by Crippen LogP contribution is -2.55. The molecule has 1 fully saturated rings. The summed E-state index contributed by atoms with van der Waals surface area (Å²) in [5, 5.41) is 3.14. The van der Waals surface area contributed by atoms with Crippen LogP contribution in [-0.2, 0) is 0 Å². The fourth-order valence-electron chi connectivity index (χ4n) is 4.56. The van der Waals surface area contributed by atoms with Crippen LogP contribution in [0.15, 0.2) is 42.5 Å². The van der Waals surface area contributed by atoms with Crippen molar-refractivity contribution in [3.05, 3.63) is 59.4 Å². The van der Waals surface area contributed by atoms with Gasteiger partial charge in [-0.1, -0.05) is 41.9 Å². The molecule has 0 aliphatic carbocycles. The average Bonchev–Trinajstić information content (AvgIpc) is 3.13. The number of carbonyl (C=O) groups excluding carboxylic acids is 1. The molecule has 3 rings (SSSR count). The first-order valence-corrected chi connectivity index (χ1v) is 10.2. The molecule has 1 heterocycles. The van der Waals surface area contributed by atoms with Gasteiger partial charge in [0.05, 0.1) is 18.7 Å². The van der Waals surface area contributed by atoms with Gasteiger partial charge in [0.2, 0.25) is 0 Å². The summed E-state index contributed by atoms with van der Waals surface area (Å²) in [5.74, 6) is -0.971. The van der Waals surface area contributed by atoms with Gasteiger partial charge in [-0.2, -0.15) is 0 Å². The van der Waals surface area contributed by atoms with Gasteiger partial charge in [-0.15, -0.1) is 0 Å². The van der Waals surface area contributed by atoms with Gasteiger partial charge in [-0.25, -0.2) is 4.39 Å². The molecule has 1 amide bonds. The summed E-state index contributed by atoms with van der Waals surface area (Å²) in [6, 6.07) is 13.3. The second-order valence-corrected chi connectivity index (χ2v) is 8.43. The van der Waals surface area contributed by atoms with E-state index in [1.165, 1.54) is 7.11 Å². The molecule has 2 unspecified atom stereocenters. The molecule has 1 aliphatic heterocycles. The van der Waals surface area contributed by atoms with Crippen molar-refractivity contribution in [2.24, 2.45) is 0 Å². The molecule has 6 heteroatoms. The fraction of sp³-hybridized carbons (Fsp3) is 0.435. The molecule has 4 nitrogen and oxygen atoms in total. The SMILES string of the molecule is Bc1ccc(OC)c(F)c1C(=O)NC(c1ccccc1)C(C)(C)N1CCCC1C. The number of ether oxygens (including phenoxy) is 1. The number of nitrogens with one attached hydrogen (secondary N) is 1. The van der Waals surface area contributed by atoms with E-state index in [1.807, 2.05) is 30.3 Å². The van der Waals surface area contributed by atoms with Crippen LogP contribution in [0, 0.1) is 5.82 Å². The van der Waals surface area contributed by atoms with Crippen LogP contribution < -0.4 is 15.5 Å². The summed E-state index contributed by atoms with van der Waals surface area (Å²) >= 11 is 0. The Balaban J connectivity index is 2.00. The predicted octanol–water partition coefficient (Wildman–Crippen LogP) is 2.83. The molecule has 1 saturated heterocycles. The van der Waals surface area contributed by atoms with E-state index in [1.54, 1.807) is 20.0 Å². The number of carbonyl (C=O) groups is 1. The molecule has 1 aliphatic rings. The van der Waals surface area contributed by atoms with E-state index in [2.05, 4.69) is 31.0 Å². The van der Waals surface area contributed by atoms with Crippen molar-refractivity contribution in [3.63, 3.8) is 0 Å². The van der Waals surface area contributed by atoms with E-state index in [0.717, 1.165) is 24.9 Å². The summed E-state index contributed by atoms with van der Waals surface area (Å²) in [6.45, 7) is 7.52. The van der Waals surface area contributed by atoms with Gasteiger partial charge >= 0.3 is 0 Å². The van der Waals surface area contributed by atoms with Crippen LogP contribution in [-0.4, -0.2) is 43.9 Å². The molecule has 0 spiro atoms. The second-order valence-electron chi connectivity index (χ2n) is 8.43. The van der Waals surface area contributed by atoms with E-state index in [4.69, 9.17) is 4.74 Å². The van der Waals surface area contributed by atoms with E-state index >= 15 is 0 Å². The standard InChI is InChI=1S/C23H30BFN2O2/c1-15-9-8-14-27(15)23(2,3)21(16-10-6-5-7-11-16)26-22(28)19-17(24)12-13-18(29-4)20(19)25/h5-7,10-13,15,21H,8-9,14,24H2,1-4H3,(H,26,28). The van der Waals surface area contributed by atoms with E-state index in [9.17, 15) is 9.18 Å². The third kappa shape index (κ3) is 4.18. The molecular weight excluding hydrogens is 366 g/mol. The monoisotopic (exact) mass is 396 g/mol. The van der Waals surface area contributed by atoms with E-state index in [-0.39, 0.29) is 22.9 Å². The number of benzene rings is 2. The van der Waals surface area contributed by atoms with Crippen molar-refractivity contribution < 1.29 is 13.9 Å². The predicted molar refractivity (Wildman–Crippen MR) is 117 cm³/mol. The highest BCUT2D eigenvalue weighted by molar-refractivity contribution is 6.36. The van der Waals surface area contributed by atoms with Gasteiger partial charge in [-0.05, 0) is 51.8 Å². The minimum Gasteiger partial charge on any atom is -0.494 e. The lowest BCUT2D eigenvalue weighted by Gasteiger charge is -2.45. The Morgan fingerprint density at radius 2 is 1.97 bits per heavy atom.